The molecule has 0 aliphatic heterocycles. The van der Waals surface area contributed by atoms with Crippen molar-refractivity contribution in [3.05, 3.63) is 62.5 Å². The molecule has 0 radical (unpaired) electrons. The van der Waals surface area contributed by atoms with Gasteiger partial charge in [-0.1, -0.05) is 11.6 Å². The molecule has 1 aromatic carbocycles. The van der Waals surface area contributed by atoms with Crippen molar-refractivity contribution in [1.82, 2.24) is 9.38 Å². The standard InChI is InChI=1S/C17H13BrClN3O3/c1-8-5-12(18)15-20-9(2)14(22(15)7-8)16(23)21-10-3-4-13(19)11(6-10)17(24)25/h3-7H,1-2H3,(H,21,23)(H,24,25). The Balaban J connectivity index is 2.03. The van der Waals surface area contributed by atoms with Crippen molar-refractivity contribution in [3.8, 4) is 0 Å². The first-order chi connectivity index (χ1) is 11.8. The predicted molar refractivity (Wildman–Crippen MR) is 98.7 cm³/mol. The maximum atomic E-state index is 12.7. The zero-order chi connectivity index (χ0) is 18.3. The van der Waals surface area contributed by atoms with Crippen LogP contribution in [-0.2, 0) is 0 Å². The minimum Gasteiger partial charge on any atom is -0.478 e. The number of hydrogen-bond acceptors (Lipinski definition) is 3. The number of fused-ring (bicyclic) bond motifs is 1. The Kier molecular flexibility index (Phi) is 4.53. The summed E-state index contributed by atoms with van der Waals surface area (Å²) in [6, 6.07) is 6.22. The third-order valence-corrected chi connectivity index (χ3v) is 4.57. The molecule has 0 fully saturated rings. The second-order valence-electron chi connectivity index (χ2n) is 5.56. The molecule has 0 atom stereocenters. The van der Waals surface area contributed by atoms with Crippen molar-refractivity contribution < 1.29 is 14.7 Å². The maximum Gasteiger partial charge on any atom is 0.337 e. The Labute approximate surface area is 156 Å². The van der Waals surface area contributed by atoms with Gasteiger partial charge in [0.2, 0.25) is 0 Å². The first-order valence-corrected chi connectivity index (χ1v) is 8.44. The van der Waals surface area contributed by atoms with Crippen molar-refractivity contribution in [2.24, 2.45) is 0 Å². The van der Waals surface area contributed by atoms with Crippen molar-refractivity contribution in [1.29, 1.82) is 0 Å². The lowest BCUT2D eigenvalue weighted by Gasteiger charge is -2.08. The second kappa shape index (κ2) is 6.50. The number of anilines is 1. The highest BCUT2D eigenvalue weighted by atomic mass is 79.9. The summed E-state index contributed by atoms with van der Waals surface area (Å²) >= 11 is 9.30. The van der Waals surface area contributed by atoms with Gasteiger partial charge in [-0.25, -0.2) is 9.78 Å². The number of nitrogens with one attached hydrogen (secondary N) is 1. The molecule has 2 N–H and O–H groups in total. The molecule has 8 heteroatoms. The Hall–Kier alpha value is -2.38. The molecule has 128 valence electrons. The highest BCUT2D eigenvalue weighted by Gasteiger charge is 2.19. The van der Waals surface area contributed by atoms with Gasteiger partial charge in [-0.05, 0) is 59.6 Å². The molecule has 2 heterocycles. The molecule has 6 nitrogen and oxygen atoms in total. The highest BCUT2D eigenvalue weighted by Crippen LogP contribution is 2.24. The average Bonchev–Trinajstić information content (AvgIpc) is 2.85. The fourth-order valence-corrected chi connectivity index (χ4v) is 3.42. The van der Waals surface area contributed by atoms with E-state index in [9.17, 15) is 9.59 Å². The molecule has 0 aliphatic carbocycles. The summed E-state index contributed by atoms with van der Waals surface area (Å²) < 4.78 is 2.49. The lowest BCUT2D eigenvalue weighted by molar-refractivity contribution is 0.0696. The Morgan fingerprint density at radius 3 is 2.68 bits per heavy atom. The van der Waals surface area contributed by atoms with Gasteiger partial charge < -0.3 is 10.4 Å². The minimum atomic E-state index is -1.16. The molecule has 0 bridgehead atoms. The second-order valence-corrected chi connectivity index (χ2v) is 6.82. The number of benzene rings is 1. The molecule has 3 rings (SSSR count). The molecule has 1 amide bonds. The largest absolute Gasteiger partial charge is 0.478 e. The first kappa shape index (κ1) is 17.4. The average molecular weight is 423 g/mol. The molecule has 2 aromatic heterocycles. The number of halogens is 2. The van der Waals surface area contributed by atoms with Gasteiger partial charge in [0, 0.05) is 11.9 Å². The van der Waals surface area contributed by atoms with Crippen LogP contribution in [0.4, 0.5) is 5.69 Å². The summed E-state index contributed by atoms with van der Waals surface area (Å²) in [5.74, 6) is -1.55. The summed E-state index contributed by atoms with van der Waals surface area (Å²) in [6.07, 6.45) is 1.82. The monoisotopic (exact) mass is 421 g/mol. The van der Waals surface area contributed by atoms with E-state index in [2.05, 4.69) is 26.2 Å². The number of aryl methyl sites for hydroxylation is 2. The molecule has 0 saturated carbocycles. The van der Waals surface area contributed by atoms with Crippen molar-refractivity contribution in [2.45, 2.75) is 13.8 Å². The number of nitrogens with zero attached hydrogens (tertiary/aromatic N) is 2. The number of pyridine rings is 1. The fourth-order valence-electron chi connectivity index (χ4n) is 2.58. The summed E-state index contributed by atoms with van der Waals surface area (Å²) in [5, 5.41) is 11.9. The van der Waals surface area contributed by atoms with Crippen LogP contribution in [0.25, 0.3) is 5.65 Å². The van der Waals surface area contributed by atoms with Crippen LogP contribution in [0.15, 0.2) is 34.9 Å². The van der Waals surface area contributed by atoms with Crippen LogP contribution in [-0.4, -0.2) is 26.4 Å². The van der Waals surface area contributed by atoms with Gasteiger partial charge in [0.1, 0.15) is 5.69 Å². The van der Waals surface area contributed by atoms with Crippen molar-refractivity contribution in [2.75, 3.05) is 5.32 Å². The van der Waals surface area contributed by atoms with E-state index >= 15 is 0 Å². The summed E-state index contributed by atoms with van der Waals surface area (Å²) in [7, 11) is 0. The van der Waals surface area contributed by atoms with E-state index < -0.39 is 5.97 Å². The van der Waals surface area contributed by atoms with Gasteiger partial charge in [0.15, 0.2) is 5.65 Å². The molecular weight excluding hydrogens is 410 g/mol. The van der Waals surface area contributed by atoms with E-state index in [1.807, 2.05) is 19.2 Å². The number of rotatable bonds is 3. The zero-order valence-electron chi connectivity index (χ0n) is 13.3. The highest BCUT2D eigenvalue weighted by molar-refractivity contribution is 9.10. The van der Waals surface area contributed by atoms with Crippen LogP contribution in [0, 0.1) is 13.8 Å². The summed E-state index contributed by atoms with van der Waals surface area (Å²) in [4.78, 5) is 28.3. The number of carboxylic acids is 1. The Morgan fingerprint density at radius 1 is 1.28 bits per heavy atom. The van der Waals surface area contributed by atoms with Crippen LogP contribution < -0.4 is 5.32 Å². The maximum absolute atomic E-state index is 12.7. The third kappa shape index (κ3) is 3.25. The number of carboxylic acid groups (broad SMARTS) is 1. The molecule has 0 unspecified atom stereocenters. The number of imidazole rings is 1. The van der Waals surface area contributed by atoms with Gasteiger partial charge in [-0.3, -0.25) is 9.20 Å². The quantitative estimate of drug-likeness (QED) is 0.658. The molecule has 25 heavy (non-hydrogen) atoms. The Bertz CT molecular complexity index is 1030. The van der Waals surface area contributed by atoms with Gasteiger partial charge in [-0.2, -0.15) is 0 Å². The number of carbonyl (C=O) groups excluding carboxylic acids is 1. The number of aromatic nitrogens is 2. The van der Waals surface area contributed by atoms with Gasteiger partial charge in [-0.15, -0.1) is 0 Å². The van der Waals surface area contributed by atoms with E-state index in [0.717, 1.165) is 10.0 Å². The van der Waals surface area contributed by atoms with Gasteiger partial charge in [0.25, 0.3) is 5.91 Å². The van der Waals surface area contributed by atoms with Crippen molar-refractivity contribution in [3.63, 3.8) is 0 Å². The normalized spacial score (nSPS) is 10.9. The first-order valence-electron chi connectivity index (χ1n) is 7.27. The lowest BCUT2D eigenvalue weighted by Crippen LogP contribution is -2.16. The van der Waals surface area contributed by atoms with Crippen LogP contribution in [0.2, 0.25) is 5.02 Å². The predicted octanol–water partition coefficient (Wildman–Crippen LogP) is 4.32. The SMILES string of the molecule is Cc1cc(Br)c2nc(C)c(C(=O)Nc3ccc(Cl)c(C(=O)O)c3)n2c1. The summed E-state index contributed by atoms with van der Waals surface area (Å²) in [5.41, 5.74) is 2.81. The van der Waals surface area contributed by atoms with E-state index in [1.165, 1.54) is 12.1 Å². The van der Waals surface area contributed by atoms with E-state index in [4.69, 9.17) is 16.7 Å². The molecular formula is C17H13BrClN3O3. The Morgan fingerprint density at radius 2 is 2.00 bits per heavy atom. The topological polar surface area (TPSA) is 83.7 Å². The fraction of sp³-hybridized carbons (Fsp3) is 0.118. The summed E-state index contributed by atoms with van der Waals surface area (Å²) in [6.45, 7) is 3.66. The zero-order valence-corrected chi connectivity index (χ0v) is 15.6. The smallest absolute Gasteiger partial charge is 0.337 e. The van der Waals surface area contributed by atoms with E-state index in [1.54, 1.807) is 17.4 Å². The number of carbonyl (C=O) groups is 2. The number of hydrogen-bond donors (Lipinski definition) is 2. The molecule has 0 spiro atoms. The van der Waals surface area contributed by atoms with E-state index in [0.29, 0.717) is 22.7 Å². The third-order valence-electron chi connectivity index (χ3n) is 3.66. The van der Waals surface area contributed by atoms with Crippen LogP contribution in [0.5, 0.6) is 0 Å². The van der Waals surface area contributed by atoms with E-state index in [-0.39, 0.29) is 16.5 Å². The molecule has 0 saturated heterocycles. The lowest BCUT2D eigenvalue weighted by atomic mass is 10.2. The number of aromatic carboxylic acids is 1. The molecule has 0 aliphatic rings. The van der Waals surface area contributed by atoms with Gasteiger partial charge in [0.05, 0.1) is 20.8 Å². The van der Waals surface area contributed by atoms with Crippen LogP contribution in [0.3, 0.4) is 0 Å². The molecule has 3 aromatic rings. The minimum absolute atomic E-state index is 0.0760. The number of amides is 1. The van der Waals surface area contributed by atoms with Crippen molar-refractivity contribution >= 4 is 50.7 Å². The van der Waals surface area contributed by atoms with Crippen LogP contribution >= 0.6 is 27.5 Å². The van der Waals surface area contributed by atoms with Gasteiger partial charge >= 0.3 is 5.97 Å². The van der Waals surface area contributed by atoms with Crippen LogP contribution in [0.1, 0.15) is 32.1 Å².